The summed E-state index contributed by atoms with van der Waals surface area (Å²) >= 11 is 0. The molecule has 0 atom stereocenters. The number of piperazine rings is 1. The van der Waals surface area contributed by atoms with Crippen molar-refractivity contribution in [3.05, 3.63) is 29.6 Å². The third-order valence-electron chi connectivity index (χ3n) is 3.20. The third-order valence-corrected chi connectivity index (χ3v) is 3.20. The van der Waals surface area contributed by atoms with Gasteiger partial charge in [-0.25, -0.2) is 0 Å². The molecular formula is C13H19N5O2. The zero-order valence-electron chi connectivity index (χ0n) is 11.3. The van der Waals surface area contributed by atoms with E-state index < -0.39 is 5.91 Å². The summed E-state index contributed by atoms with van der Waals surface area (Å²) in [5.41, 5.74) is 5.67. The van der Waals surface area contributed by atoms with E-state index >= 15 is 0 Å². The average molecular weight is 277 g/mol. The Morgan fingerprint density at radius 3 is 2.70 bits per heavy atom. The maximum Gasteiger partial charge on any atom is 0.267 e. The maximum atomic E-state index is 11.9. The normalized spacial score (nSPS) is 15.8. The minimum absolute atomic E-state index is 0.155. The Balaban J connectivity index is 1.77. The lowest BCUT2D eigenvalue weighted by molar-refractivity contribution is 0.0943. The van der Waals surface area contributed by atoms with Gasteiger partial charge >= 0.3 is 0 Å². The fourth-order valence-corrected chi connectivity index (χ4v) is 2.04. The van der Waals surface area contributed by atoms with Gasteiger partial charge in [-0.1, -0.05) is 0 Å². The van der Waals surface area contributed by atoms with Crippen LogP contribution in [0.4, 0.5) is 0 Å². The number of hydrogen-bond acceptors (Lipinski definition) is 5. The van der Waals surface area contributed by atoms with E-state index in [0.29, 0.717) is 12.1 Å². The first-order valence-electron chi connectivity index (χ1n) is 6.64. The van der Waals surface area contributed by atoms with Gasteiger partial charge in [-0.2, -0.15) is 0 Å². The van der Waals surface area contributed by atoms with Gasteiger partial charge in [0.25, 0.3) is 11.8 Å². The Hall–Kier alpha value is -1.99. The first kappa shape index (κ1) is 14.4. The van der Waals surface area contributed by atoms with E-state index in [1.807, 2.05) is 0 Å². The quantitative estimate of drug-likeness (QED) is 0.629. The van der Waals surface area contributed by atoms with Crippen molar-refractivity contribution in [2.45, 2.75) is 0 Å². The summed E-state index contributed by atoms with van der Waals surface area (Å²) in [5.74, 6) is -0.792. The number of carbonyl (C=O) groups is 2. The van der Waals surface area contributed by atoms with Gasteiger partial charge in [-0.15, -0.1) is 0 Å². The topological polar surface area (TPSA) is 100 Å². The number of amides is 2. The summed E-state index contributed by atoms with van der Waals surface area (Å²) in [6.45, 7) is 5.42. The van der Waals surface area contributed by atoms with E-state index in [9.17, 15) is 9.59 Å². The van der Waals surface area contributed by atoms with E-state index in [4.69, 9.17) is 5.73 Å². The number of carbonyl (C=O) groups excluding carboxylic acids is 2. The number of aromatic nitrogens is 1. The van der Waals surface area contributed by atoms with Crippen molar-refractivity contribution < 1.29 is 9.59 Å². The van der Waals surface area contributed by atoms with Gasteiger partial charge in [-0.05, 0) is 12.1 Å². The Morgan fingerprint density at radius 1 is 1.35 bits per heavy atom. The summed E-state index contributed by atoms with van der Waals surface area (Å²) in [5, 5.41) is 6.12. The zero-order chi connectivity index (χ0) is 14.4. The van der Waals surface area contributed by atoms with Crippen molar-refractivity contribution >= 4 is 11.8 Å². The molecule has 0 radical (unpaired) electrons. The lowest BCUT2D eigenvalue weighted by Gasteiger charge is -2.27. The molecule has 4 N–H and O–H groups in total. The second-order valence-electron chi connectivity index (χ2n) is 4.64. The van der Waals surface area contributed by atoms with Crippen molar-refractivity contribution in [1.29, 1.82) is 0 Å². The molecule has 1 aromatic rings. The highest BCUT2D eigenvalue weighted by atomic mass is 16.2. The van der Waals surface area contributed by atoms with Gasteiger partial charge in [-0.3, -0.25) is 19.5 Å². The number of pyridine rings is 1. The molecule has 20 heavy (non-hydrogen) atoms. The first-order chi connectivity index (χ1) is 9.66. The van der Waals surface area contributed by atoms with Crippen molar-refractivity contribution in [3.63, 3.8) is 0 Å². The SMILES string of the molecule is NC(=O)c1ccc(C(=O)NCCN2CCNCC2)cn1. The lowest BCUT2D eigenvalue weighted by atomic mass is 10.2. The predicted octanol–water partition coefficient (Wildman–Crippen LogP) is -1.18. The molecule has 0 spiro atoms. The Labute approximate surface area is 117 Å². The van der Waals surface area contributed by atoms with Gasteiger partial charge in [0.05, 0.1) is 5.56 Å². The first-order valence-corrected chi connectivity index (χ1v) is 6.64. The molecule has 2 amide bonds. The van der Waals surface area contributed by atoms with Crippen LogP contribution in [0.3, 0.4) is 0 Å². The number of primary amides is 1. The van der Waals surface area contributed by atoms with E-state index in [1.54, 1.807) is 6.07 Å². The molecule has 7 nitrogen and oxygen atoms in total. The molecule has 1 fully saturated rings. The minimum atomic E-state index is -0.601. The van der Waals surface area contributed by atoms with Crippen LogP contribution in [0.5, 0.6) is 0 Å². The molecule has 7 heteroatoms. The molecule has 0 bridgehead atoms. The number of nitrogens with two attached hydrogens (primary N) is 1. The van der Waals surface area contributed by atoms with Crippen molar-refractivity contribution in [2.75, 3.05) is 39.3 Å². The Bertz CT molecular complexity index is 468. The highest BCUT2D eigenvalue weighted by Gasteiger charge is 2.11. The van der Waals surface area contributed by atoms with E-state index in [2.05, 4.69) is 20.5 Å². The minimum Gasteiger partial charge on any atom is -0.364 e. The van der Waals surface area contributed by atoms with Gasteiger partial charge in [0, 0.05) is 45.5 Å². The molecule has 108 valence electrons. The van der Waals surface area contributed by atoms with Crippen LogP contribution >= 0.6 is 0 Å². The number of nitrogens with zero attached hydrogens (tertiary/aromatic N) is 2. The van der Waals surface area contributed by atoms with Crippen LogP contribution in [0.25, 0.3) is 0 Å². The maximum absolute atomic E-state index is 11.9. The smallest absolute Gasteiger partial charge is 0.267 e. The number of rotatable bonds is 5. The molecule has 1 saturated heterocycles. The van der Waals surface area contributed by atoms with Crippen LogP contribution in [0.2, 0.25) is 0 Å². The van der Waals surface area contributed by atoms with Crippen LogP contribution in [0.1, 0.15) is 20.8 Å². The number of hydrogen-bond donors (Lipinski definition) is 3. The second-order valence-corrected chi connectivity index (χ2v) is 4.64. The highest BCUT2D eigenvalue weighted by Crippen LogP contribution is 2.00. The molecule has 0 aromatic carbocycles. The van der Waals surface area contributed by atoms with Crippen LogP contribution < -0.4 is 16.4 Å². The third kappa shape index (κ3) is 4.01. The van der Waals surface area contributed by atoms with E-state index in [-0.39, 0.29) is 11.6 Å². The predicted molar refractivity (Wildman–Crippen MR) is 74.4 cm³/mol. The molecular weight excluding hydrogens is 258 g/mol. The molecule has 1 aliphatic heterocycles. The summed E-state index contributed by atoms with van der Waals surface area (Å²) in [6, 6.07) is 3.00. The Kier molecular flexibility index (Phi) is 5.03. The summed E-state index contributed by atoms with van der Waals surface area (Å²) < 4.78 is 0. The van der Waals surface area contributed by atoms with Gasteiger partial charge < -0.3 is 16.4 Å². The van der Waals surface area contributed by atoms with Gasteiger partial charge in [0.1, 0.15) is 5.69 Å². The lowest BCUT2D eigenvalue weighted by Crippen LogP contribution is -2.46. The van der Waals surface area contributed by atoms with Crippen LogP contribution in [-0.4, -0.2) is 61.0 Å². The van der Waals surface area contributed by atoms with Crippen LogP contribution in [0, 0.1) is 0 Å². The van der Waals surface area contributed by atoms with Crippen molar-refractivity contribution in [2.24, 2.45) is 5.73 Å². The van der Waals surface area contributed by atoms with E-state index in [1.165, 1.54) is 12.3 Å². The van der Waals surface area contributed by atoms with Crippen molar-refractivity contribution in [1.82, 2.24) is 20.5 Å². The standard InChI is InChI=1S/C13H19N5O2/c14-12(19)11-2-1-10(9-17-11)13(20)16-5-8-18-6-3-15-4-7-18/h1-2,9,15H,3-8H2,(H2,14,19)(H,16,20). The summed E-state index contributed by atoms with van der Waals surface area (Å²) in [6.07, 6.45) is 1.36. The monoisotopic (exact) mass is 277 g/mol. The average Bonchev–Trinajstić information content (AvgIpc) is 2.48. The Morgan fingerprint density at radius 2 is 2.10 bits per heavy atom. The molecule has 0 aliphatic carbocycles. The van der Waals surface area contributed by atoms with Gasteiger partial charge in [0.2, 0.25) is 0 Å². The molecule has 2 heterocycles. The molecule has 0 unspecified atom stereocenters. The van der Waals surface area contributed by atoms with Crippen molar-refractivity contribution in [3.8, 4) is 0 Å². The second kappa shape index (κ2) is 6.97. The summed E-state index contributed by atoms with van der Waals surface area (Å²) in [7, 11) is 0. The fraction of sp³-hybridized carbons (Fsp3) is 0.462. The summed E-state index contributed by atoms with van der Waals surface area (Å²) in [4.78, 5) is 28.9. The number of nitrogens with one attached hydrogen (secondary N) is 2. The van der Waals surface area contributed by atoms with E-state index in [0.717, 1.165) is 32.7 Å². The molecule has 1 aliphatic rings. The van der Waals surface area contributed by atoms with Crippen LogP contribution in [0.15, 0.2) is 18.3 Å². The fourth-order valence-electron chi connectivity index (χ4n) is 2.04. The largest absolute Gasteiger partial charge is 0.364 e. The molecule has 1 aromatic heterocycles. The molecule has 2 rings (SSSR count). The molecule has 0 saturated carbocycles. The zero-order valence-corrected chi connectivity index (χ0v) is 11.3. The highest BCUT2D eigenvalue weighted by molar-refractivity contribution is 5.95. The van der Waals surface area contributed by atoms with Gasteiger partial charge in [0.15, 0.2) is 0 Å². The van der Waals surface area contributed by atoms with Crippen LogP contribution in [-0.2, 0) is 0 Å².